The van der Waals surface area contributed by atoms with Gasteiger partial charge in [-0.25, -0.2) is 0 Å². The SMILES string of the molecule is Cc1ccc2c(c1)N(CC(=O)Nc1sc3c(c1C(N)=O)CCCC3)C(=O)C(C)(C)O2. The van der Waals surface area contributed by atoms with Crippen LogP contribution in [-0.4, -0.2) is 29.9 Å². The fraction of sp³-hybridized carbons (Fsp3) is 0.409. The van der Waals surface area contributed by atoms with Gasteiger partial charge in [-0.15, -0.1) is 11.3 Å². The number of thiophene rings is 1. The fourth-order valence-corrected chi connectivity index (χ4v) is 5.37. The highest BCUT2D eigenvalue weighted by atomic mass is 32.1. The van der Waals surface area contributed by atoms with Gasteiger partial charge in [0.25, 0.3) is 11.8 Å². The molecule has 0 atom stereocenters. The van der Waals surface area contributed by atoms with Crippen LogP contribution in [0.15, 0.2) is 18.2 Å². The lowest BCUT2D eigenvalue weighted by atomic mass is 9.95. The first kappa shape index (κ1) is 20.4. The van der Waals surface area contributed by atoms with Gasteiger partial charge in [0.2, 0.25) is 5.91 Å². The Hall–Kier alpha value is -2.87. The zero-order valence-electron chi connectivity index (χ0n) is 17.3. The molecule has 1 aromatic heterocycles. The molecule has 1 aliphatic heterocycles. The summed E-state index contributed by atoms with van der Waals surface area (Å²) in [7, 11) is 0. The van der Waals surface area contributed by atoms with E-state index in [9.17, 15) is 14.4 Å². The van der Waals surface area contributed by atoms with Crippen molar-refractivity contribution in [1.29, 1.82) is 0 Å². The van der Waals surface area contributed by atoms with E-state index in [1.807, 2.05) is 25.1 Å². The number of anilines is 2. The first-order valence-electron chi connectivity index (χ1n) is 10.0. The third-order valence-electron chi connectivity index (χ3n) is 5.50. The summed E-state index contributed by atoms with van der Waals surface area (Å²) in [6.07, 6.45) is 3.75. The number of fused-ring (bicyclic) bond motifs is 2. The Labute approximate surface area is 179 Å². The smallest absolute Gasteiger partial charge is 0.271 e. The minimum atomic E-state index is -1.08. The molecule has 0 saturated carbocycles. The lowest BCUT2D eigenvalue weighted by molar-refractivity contribution is -0.133. The van der Waals surface area contributed by atoms with E-state index < -0.39 is 11.5 Å². The van der Waals surface area contributed by atoms with Gasteiger partial charge in [-0.2, -0.15) is 0 Å². The maximum Gasteiger partial charge on any atom is 0.271 e. The molecular formula is C22H25N3O4S. The number of nitrogens with zero attached hydrogens (tertiary/aromatic N) is 1. The van der Waals surface area contributed by atoms with Crippen LogP contribution in [0.25, 0.3) is 0 Å². The van der Waals surface area contributed by atoms with E-state index in [4.69, 9.17) is 10.5 Å². The van der Waals surface area contributed by atoms with Crippen LogP contribution in [0.2, 0.25) is 0 Å². The highest BCUT2D eigenvalue weighted by Crippen LogP contribution is 2.40. The maximum atomic E-state index is 13.0. The second kappa shape index (κ2) is 7.43. The van der Waals surface area contributed by atoms with E-state index >= 15 is 0 Å². The third-order valence-corrected chi connectivity index (χ3v) is 6.71. The number of rotatable bonds is 4. The number of hydrogen-bond donors (Lipinski definition) is 2. The lowest BCUT2D eigenvalue weighted by Gasteiger charge is -2.38. The molecule has 4 rings (SSSR count). The number of hydrogen-bond acceptors (Lipinski definition) is 5. The highest BCUT2D eigenvalue weighted by molar-refractivity contribution is 7.17. The number of primary amides is 1. The average molecular weight is 428 g/mol. The molecule has 0 spiro atoms. The van der Waals surface area contributed by atoms with Gasteiger partial charge in [0.15, 0.2) is 5.60 Å². The van der Waals surface area contributed by atoms with Crippen molar-refractivity contribution < 1.29 is 19.1 Å². The van der Waals surface area contributed by atoms with Crippen LogP contribution >= 0.6 is 11.3 Å². The topological polar surface area (TPSA) is 102 Å². The van der Waals surface area contributed by atoms with Crippen molar-refractivity contribution in [2.24, 2.45) is 5.73 Å². The molecule has 1 aliphatic carbocycles. The maximum absolute atomic E-state index is 13.0. The van der Waals surface area contributed by atoms with Gasteiger partial charge in [-0.1, -0.05) is 6.07 Å². The molecule has 2 aromatic rings. The Bertz CT molecular complexity index is 1060. The Morgan fingerprint density at radius 1 is 1.27 bits per heavy atom. The van der Waals surface area contributed by atoms with Crippen molar-refractivity contribution in [2.45, 2.75) is 52.1 Å². The summed E-state index contributed by atoms with van der Waals surface area (Å²) in [4.78, 5) is 40.5. The number of nitrogens with two attached hydrogens (primary N) is 1. The molecule has 158 valence electrons. The molecular weight excluding hydrogens is 402 g/mol. The van der Waals surface area contributed by atoms with Crippen LogP contribution in [0.4, 0.5) is 10.7 Å². The van der Waals surface area contributed by atoms with Gasteiger partial charge >= 0.3 is 0 Å². The molecule has 8 heteroatoms. The van der Waals surface area contributed by atoms with Crippen molar-refractivity contribution in [1.82, 2.24) is 0 Å². The van der Waals surface area contributed by atoms with Crippen LogP contribution in [0, 0.1) is 6.92 Å². The molecule has 2 aliphatic rings. The number of amides is 3. The summed E-state index contributed by atoms with van der Waals surface area (Å²) in [5, 5.41) is 3.31. The van der Waals surface area contributed by atoms with Gasteiger partial charge in [-0.3, -0.25) is 19.3 Å². The molecule has 0 unspecified atom stereocenters. The lowest BCUT2D eigenvalue weighted by Crippen LogP contribution is -2.54. The van der Waals surface area contributed by atoms with Crippen LogP contribution in [-0.2, 0) is 22.4 Å². The molecule has 30 heavy (non-hydrogen) atoms. The molecule has 3 N–H and O–H groups in total. The van der Waals surface area contributed by atoms with Gasteiger partial charge in [0.05, 0.1) is 11.3 Å². The van der Waals surface area contributed by atoms with Crippen molar-refractivity contribution in [3.8, 4) is 5.75 Å². The monoisotopic (exact) mass is 427 g/mol. The normalized spacial score (nSPS) is 17.0. The summed E-state index contributed by atoms with van der Waals surface area (Å²) in [5.41, 5.74) is 7.42. The largest absolute Gasteiger partial charge is 0.476 e. The number of nitrogens with one attached hydrogen (secondary N) is 1. The molecule has 3 amide bonds. The van der Waals surface area contributed by atoms with Crippen molar-refractivity contribution >= 4 is 39.7 Å². The minimum Gasteiger partial charge on any atom is -0.476 e. The molecule has 0 bridgehead atoms. The zero-order chi connectivity index (χ0) is 21.6. The van der Waals surface area contributed by atoms with E-state index in [0.717, 1.165) is 41.7 Å². The summed E-state index contributed by atoms with van der Waals surface area (Å²) in [5.74, 6) is -0.650. The van der Waals surface area contributed by atoms with Gasteiger partial charge in [0, 0.05) is 4.88 Å². The molecule has 0 saturated heterocycles. The summed E-state index contributed by atoms with van der Waals surface area (Å²) in [6.45, 7) is 5.10. The first-order valence-corrected chi connectivity index (χ1v) is 10.8. The number of carbonyl (C=O) groups is 3. The molecule has 0 fully saturated rings. The number of carbonyl (C=O) groups excluding carboxylic acids is 3. The van der Waals surface area contributed by atoms with Crippen molar-refractivity contribution in [3.63, 3.8) is 0 Å². The second-order valence-corrected chi connectivity index (χ2v) is 9.41. The Morgan fingerprint density at radius 3 is 2.73 bits per heavy atom. The summed E-state index contributed by atoms with van der Waals surface area (Å²) in [6, 6.07) is 5.54. The van der Waals surface area contributed by atoms with Gasteiger partial charge in [0.1, 0.15) is 17.3 Å². The van der Waals surface area contributed by atoms with Crippen LogP contribution in [0.3, 0.4) is 0 Å². The van der Waals surface area contributed by atoms with Gasteiger partial charge < -0.3 is 15.8 Å². The van der Waals surface area contributed by atoms with E-state index in [2.05, 4.69) is 5.32 Å². The number of benzene rings is 1. The summed E-state index contributed by atoms with van der Waals surface area (Å²) < 4.78 is 5.84. The van der Waals surface area contributed by atoms with Crippen LogP contribution in [0.1, 0.15) is 53.1 Å². The zero-order valence-corrected chi connectivity index (χ0v) is 18.1. The predicted molar refractivity (Wildman–Crippen MR) is 116 cm³/mol. The number of ether oxygens (including phenoxy) is 1. The molecule has 0 radical (unpaired) electrons. The highest BCUT2D eigenvalue weighted by Gasteiger charge is 2.41. The van der Waals surface area contributed by atoms with Crippen LogP contribution < -0.4 is 20.7 Å². The predicted octanol–water partition coefficient (Wildman–Crippen LogP) is 3.18. The van der Waals surface area contributed by atoms with Gasteiger partial charge in [-0.05, 0) is 69.7 Å². The quantitative estimate of drug-likeness (QED) is 0.782. The third kappa shape index (κ3) is 3.56. The van der Waals surface area contributed by atoms with E-state index in [-0.39, 0.29) is 18.4 Å². The molecule has 7 nitrogen and oxygen atoms in total. The Kier molecular flexibility index (Phi) is 5.05. The number of aryl methyl sites for hydroxylation is 2. The molecule has 2 heterocycles. The summed E-state index contributed by atoms with van der Waals surface area (Å²) >= 11 is 1.41. The Balaban J connectivity index is 1.62. The van der Waals surface area contributed by atoms with Crippen molar-refractivity contribution in [2.75, 3.05) is 16.8 Å². The molecule has 1 aromatic carbocycles. The van der Waals surface area contributed by atoms with E-state index in [0.29, 0.717) is 22.0 Å². The van der Waals surface area contributed by atoms with E-state index in [1.54, 1.807) is 13.8 Å². The average Bonchev–Trinajstić information content (AvgIpc) is 3.04. The van der Waals surface area contributed by atoms with E-state index in [1.165, 1.54) is 16.2 Å². The van der Waals surface area contributed by atoms with Crippen molar-refractivity contribution in [3.05, 3.63) is 39.8 Å². The second-order valence-electron chi connectivity index (χ2n) is 8.30. The fourth-order valence-electron chi connectivity index (χ4n) is 4.06. The minimum absolute atomic E-state index is 0.178. The standard InChI is InChI=1S/C22H25N3O4S/c1-12-8-9-15-14(10-12)25(21(28)22(2,3)29-15)11-17(26)24-20-18(19(23)27)13-6-4-5-7-16(13)30-20/h8-10H,4-7,11H2,1-3H3,(H2,23,27)(H,24,26). The Morgan fingerprint density at radius 2 is 2.00 bits per heavy atom. The van der Waals surface area contributed by atoms with Crippen LogP contribution in [0.5, 0.6) is 5.75 Å². The first-order chi connectivity index (χ1) is 14.2.